The molecule has 2 heterocycles. The Labute approximate surface area is 200 Å². The van der Waals surface area contributed by atoms with Crippen LogP contribution in [0.25, 0.3) is 27.8 Å². The Morgan fingerprint density at radius 3 is 2.56 bits per heavy atom. The van der Waals surface area contributed by atoms with E-state index in [9.17, 15) is 14.4 Å². The fourth-order valence-electron chi connectivity index (χ4n) is 4.29. The predicted octanol–water partition coefficient (Wildman–Crippen LogP) is 5.44. The lowest BCUT2D eigenvalue weighted by molar-refractivity contribution is -0.148. The Morgan fingerprint density at radius 1 is 1.03 bits per heavy atom. The van der Waals surface area contributed by atoms with Crippen LogP contribution in [0, 0.1) is 0 Å². The highest BCUT2D eigenvalue weighted by Gasteiger charge is 2.41. The highest BCUT2D eigenvalue weighted by atomic mass is 32.2. The first-order valence-corrected chi connectivity index (χ1v) is 11.7. The number of rotatable bonds is 5. The SMILES string of the molecule is COC(=O)[C@H](C)N1C(=O)S/C(=C/c2cn(Cc3ccc4ccccc4c3)c3ccccc23)C1=O. The van der Waals surface area contributed by atoms with Crippen LogP contribution < -0.4 is 0 Å². The molecule has 6 nitrogen and oxygen atoms in total. The molecule has 1 aromatic heterocycles. The summed E-state index contributed by atoms with van der Waals surface area (Å²) >= 11 is 0.838. The van der Waals surface area contributed by atoms with Crippen molar-refractivity contribution in [3.63, 3.8) is 0 Å². The van der Waals surface area contributed by atoms with Gasteiger partial charge in [-0.1, -0.05) is 54.6 Å². The van der Waals surface area contributed by atoms with Gasteiger partial charge in [-0.25, -0.2) is 4.79 Å². The molecule has 34 heavy (non-hydrogen) atoms. The molecule has 1 atom stereocenters. The zero-order valence-electron chi connectivity index (χ0n) is 18.7. The molecule has 0 aliphatic carbocycles. The first-order chi connectivity index (χ1) is 16.5. The maximum absolute atomic E-state index is 12.9. The van der Waals surface area contributed by atoms with Crippen molar-refractivity contribution < 1.29 is 19.1 Å². The van der Waals surface area contributed by atoms with Crippen LogP contribution in [-0.4, -0.2) is 39.7 Å². The molecule has 1 saturated heterocycles. The van der Waals surface area contributed by atoms with Gasteiger partial charge in [-0.2, -0.15) is 0 Å². The Morgan fingerprint density at radius 2 is 1.76 bits per heavy atom. The van der Waals surface area contributed by atoms with E-state index < -0.39 is 23.2 Å². The monoisotopic (exact) mass is 470 g/mol. The maximum Gasteiger partial charge on any atom is 0.328 e. The summed E-state index contributed by atoms with van der Waals surface area (Å²) in [4.78, 5) is 38.5. The number of fused-ring (bicyclic) bond motifs is 2. The molecule has 3 aromatic carbocycles. The van der Waals surface area contributed by atoms with E-state index in [-0.39, 0.29) is 4.91 Å². The molecule has 0 spiro atoms. The van der Waals surface area contributed by atoms with E-state index >= 15 is 0 Å². The van der Waals surface area contributed by atoms with E-state index in [1.54, 1.807) is 6.08 Å². The summed E-state index contributed by atoms with van der Waals surface area (Å²) in [5.74, 6) is -1.12. The van der Waals surface area contributed by atoms with Crippen molar-refractivity contribution in [2.24, 2.45) is 0 Å². The minimum absolute atomic E-state index is 0.286. The number of methoxy groups -OCH3 is 1. The first kappa shape index (κ1) is 22.0. The summed E-state index contributed by atoms with van der Waals surface area (Å²) in [6.07, 6.45) is 3.73. The van der Waals surface area contributed by atoms with Crippen molar-refractivity contribution in [1.82, 2.24) is 9.47 Å². The van der Waals surface area contributed by atoms with Gasteiger partial charge in [-0.15, -0.1) is 0 Å². The third-order valence-corrected chi connectivity index (χ3v) is 6.91. The van der Waals surface area contributed by atoms with Crippen LogP contribution in [0.1, 0.15) is 18.1 Å². The molecule has 5 rings (SSSR count). The third kappa shape index (κ3) is 3.88. The van der Waals surface area contributed by atoms with Crippen LogP contribution in [0.5, 0.6) is 0 Å². The molecule has 0 unspecified atom stereocenters. The number of hydrogen-bond acceptors (Lipinski definition) is 5. The average molecular weight is 471 g/mol. The number of imide groups is 1. The predicted molar refractivity (Wildman–Crippen MR) is 134 cm³/mol. The van der Waals surface area contributed by atoms with E-state index in [1.165, 1.54) is 30.4 Å². The number of thioether (sulfide) groups is 1. The summed E-state index contributed by atoms with van der Waals surface area (Å²) in [5.41, 5.74) is 3.04. The molecule has 0 saturated carbocycles. The number of nitrogens with zero attached hydrogens (tertiary/aromatic N) is 2. The summed E-state index contributed by atoms with van der Waals surface area (Å²) in [5, 5.41) is 2.89. The average Bonchev–Trinajstić information content (AvgIpc) is 3.34. The minimum Gasteiger partial charge on any atom is -0.467 e. The standard InChI is InChI=1S/C27H22N2O4S/c1-17(26(31)33-2)29-25(30)24(34-27(29)32)14-21-16-28(23-10-6-5-9-22(21)23)15-18-11-12-19-7-3-4-8-20(19)13-18/h3-14,16-17H,15H2,1-2H3/b24-14+/t17-/m0/s1. The van der Waals surface area contributed by atoms with E-state index in [0.29, 0.717) is 6.54 Å². The van der Waals surface area contributed by atoms with Crippen molar-refractivity contribution in [1.29, 1.82) is 0 Å². The van der Waals surface area contributed by atoms with Gasteiger partial charge in [0.1, 0.15) is 6.04 Å². The van der Waals surface area contributed by atoms with E-state index in [0.717, 1.165) is 33.1 Å². The fraction of sp³-hybridized carbons (Fsp3) is 0.148. The number of benzene rings is 3. The second-order valence-corrected chi connectivity index (χ2v) is 9.16. The van der Waals surface area contributed by atoms with Crippen molar-refractivity contribution in [3.8, 4) is 0 Å². The topological polar surface area (TPSA) is 68.6 Å². The Balaban J connectivity index is 1.50. The number of hydrogen-bond donors (Lipinski definition) is 0. The highest BCUT2D eigenvalue weighted by Crippen LogP contribution is 2.35. The smallest absolute Gasteiger partial charge is 0.328 e. The van der Waals surface area contributed by atoms with Crippen LogP contribution >= 0.6 is 11.8 Å². The maximum atomic E-state index is 12.9. The lowest BCUT2D eigenvalue weighted by Gasteiger charge is -2.18. The second kappa shape index (κ2) is 8.83. The zero-order valence-corrected chi connectivity index (χ0v) is 19.5. The first-order valence-electron chi connectivity index (χ1n) is 10.9. The number of ether oxygens (including phenoxy) is 1. The van der Waals surface area contributed by atoms with Crippen LogP contribution in [0.3, 0.4) is 0 Å². The van der Waals surface area contributed by atoms with E-state index in [4.69, 9.17) is 4.74 Å². The fourth-order valence-corrected chi connectivity index (χ4v) is 5.18. The minimum atomic E-state index is -0.974. The molecule has 4 aromatic rings. The Bertz CT molecular complexity index is 1490. The van der Waals surface area contributed by atoms with Crippen molar-refractivity contribution >= 4 is 56.6 Å². The molecular formula is C27H22N2O4S. The third-order valence-electron chi connectivity index (χ3n) is 6.03. The van der Waals surface area contributed by atoms with Crippen LogP contribution in [0.4, 0.5) is 4.79 Å². The molecule has 0 N–H and O–H groups in total. The number of aromatic nitrogens is 1. The van der Waals surface area contributed by atoms with E-state index in [2.05, 4.69) is 34.9 Å². The molecule has 7 heteroatoms. The number of amides is 2. The van der Waals surface area contributed by atoms with Gasteiger partial charge in [0.15, 0.2) is 0 Å². The van der Waals surface area contributed by atoms with Crippen LogP contribution in [0.15, 0.2) is 77.8 Å². The molecule has 1 fully saturated rings. The molecule has 0 radical (unpaired) electrons. The summed E-state index contributed by atoms with van der Waals surface area (Å²) in [6, 6.07) is 21.7. The van der Waals surface area contributed by atoms with Gasteiger partial charge in [0.05, 0.1) is 12.0 Å². The molecule has 2 amide bonds. The lowest BCUT2D eigenvalue weighted by Crippen LogP contribution is -2.42. The largest absolute Gasteiger partial charge is 0.467 e. The number of esters is 1. The molecule has 170 valence electrons. The molecule has 1 aliphatic rings. The van der Waals surface area contributed by atoms with E-state index in [1.807, 2.05) is 42.6 Å². The molecule has 1 aliphatic heterocycles. The van der Waals surface area contributed by atoms with Gasteiger partial charge < -0.3 is 9.30 Å². The van der Waals surface area contributed by atoms with Crippen molar-refractivity contribution in [2.75, 3.05) is 7.11 Å². The molecule has 0 bridgehead atoms. The van der Waals surface area contributed by atoms with Gasteiger partial charge in [0, 0.05) is 29.2 Å². The summed E-state index contributed by atoms with van der Waals surface area (Å²) < 4.78 is 6.85. The second-order valence-electron chi connectivity index (χ2n) is 8.16. The highest BCUT2D eigenvalue weighted by molar-refractivity contribution is 8.18. The van der Waals surface area contributed by atoms with Crippen LogP contribution in [-0.2, 0) is 20.9 Å². The van der Waals surface area contributed by atoms with Crippen molar-refractivity contribution in [2.45, 2.75) is 19.5 Å². The molecular weight excluding hydrogens is 448 g/mol. The number of carbonyl (C=O) groups is 3. The summed E-state index contributed by atoms with van der Waals surface area (Å²) in [6.45, 7) is 2.15. The lowest BCUT2D eigenvalue weighted by atomic mass is 10.1. The van der Waals surface area contributed by atoms with Gasteiger partial charge in [-0.05, 0) is 53.2 Å². The summed E-state index contributed by atoms with van der Waals surface area (Å²) in [7, 11) is 1.23. The van der Waals surface area contributed by atoms with Gasteiger partial charge >= 0.3 is 5.97 Å². The van der Waals surface area contributed by atoms with Crippen LogP contribution in [0.2, 0.25) is 0 Å². The zero-order chi connectivity index (χ0) is 23.8. The normalized spacial score (nSPS) is 16.1. The number of para-hydroxylation sites is 1. The quantitative estimate of drug-likeness (QED) is 0.287. The van der Waals surface area contributed by atoms with Crippen molar-refractivity contribution in [3.05, 3.63) is 89.0 Å². The Hall–Kier alpha value is -3.84. The Kier molecular flexibility index (Phi) is 5.71. The van der Waals surface area contributed by atoms with Gasteiger partial charge in [0.25, 0.3) is 11.1 Å². The van der Waals surface area contributed by atoms with Gasteiger partial charge in [-0.3, -0.25) is 14.5 Å². The number of carbonyl (C=O) groups excluding carboxylic acids is 3. The van der Waals surface area contributed by atoms with Gasteiger partial charge in [0.2, 0.25) is 0 Å².